The number of H-pyrrole nitrogens is 1. The molecular weight excluding hydrogens is 359 g/mol. The van der Waals surface area contributed by atoms with Gasteiger partial charge in [-0.25, -0.2) is 9.18 Å². The van der Waals surface area contributed by atoms with Crippen LogP contribution in [0, 0.1) is 18.7 Å². The summed E-state index contributed by atoms with van der Waals surface area (Å²) in [5.41, 5.74) is 7.41. The van der Waals surface area contributed by atoms with Crippen molar-refractivity contribution in [3.8, 4) is 0 Å². The molecular formula is C18H24ClFN4O2. The van der Waals surface area contributed by atoms with Crippen LogP contribution in [0.15, 0.2) is 15.8 Å². The first-order valence-electron chi connectivity index (χ1n) is 8.86. The van der Waals surface area contributed by atoms with E-state index in [-0.39, 0.29) is 29.9 Å². The molecule has 0 aromatic carbocycles. The number of aromatic amines is 1. The fourth-order valence-corrected chi connectivity index (χ4v) is 4.09. The van der Waals surface area contributed by atoms with E-state index in [0.717, 1.165) is 25.8 Å². The molecule has 2 atom stereocenters. The lowest BCUT2D eigenvalue weighted by molar-refractivity contribution is 0.487. The van der Waals surface area contributed by atoms with Gasteiger partial charge in [0.25, 0.3) is 5.56 Å². The highest BCUT2D eigenvalue weighted by atomic mass is 35.5. The van der Waals surface area contributed by atoms with Gasteiger partial charge in [-0.15, -0.1) is 12.4 Å². The first-order valence-corrected chi connectivity index (χ1v) is 8.86. The molecule has 8 heteroatoms. The van der Waals surface area contributed by atoms with Gasteiger partial charge in [0.1, 0.15) is 0 Å². The number of nitrogens with two attached hydrogens (primary N) is 1. The Morgan fingerprint density at radius 2 is 2.00 bits per heavy atom. The Morgan fingerprint density at radius 1 is 1.31 bits per heavy atom. The number of nitrogens with one attached hydrogen (secondary N) is 1. The number of aromatic nitrogens is 2. The quantitative estimate of drug-likeness (QED) is 0.849. The number of aryl methyl sites for hydroxylation is 1. The van der Waals surface area contributed by atoms with Crippen molar-refractivity contribution in [2.24, 2.45) is 11.7 Å². The van der Waals surface area contributed by atoms with E-state index >= 15 is 0 Å². The van der Waals surface area contributed by atoms with Crippen LogP contribution in [0.5, 0.6) is 0 Å². The van der Waals surface area contributed by atoms with Gasteiger partial charge < -0.3 is 10.6 Å². The van der Waals surface area contributed by atoms with Crippen molar-refractivity contribution in [1.82, 2.24) is 9.38 Å². The van der Waals surface area contributed by atoms with Crippen LogP contribution >= 0.6 is 12.4 Å². The molecule has 2 aromatic heterocycles. The molecule has 1 aliphatic carbocycles. The van der Waals surface area contributed by atoms with Crippen molar-refractivity contribution < 1.29 is 4.39 Å². The number of halogens is 2. The maximum absolute atomic E-state index is 14.9. The number of pyridine rings is 1. The molecule has 2 aliphatic rings. The molecule has 3 N–H and O–H groups in total. The topological polar surface area (TPSA) is 83.6 Å². The predicted octanol–water partition coefficient (Wildman–Crippen LogP) is 1.91. The molecule has 2 fully saturated rings. The first kappa shape index (κ1) is 18.9. The highest BCUT2D eigenvalue weighted by Crippen LogP contribution is 2.42. The van der Waals surface area contributed by atoms with Gasteiger partial charge >= 0.3 is 5.69 Å². The maximum Gasteiger partial charge on any atom is 0.333 e. The van der Waals surface area contributed by atoms with Crippen LogP contribution in [-0.2, 0) is 0 Å². The zero-order valence-electron chi connectivity index (χ0n) is 14.9. The molecule has 1 unspecified atom stereocenters. The van der Waals surface area contributed by atoms with Crippen molar-refractivity contribution in [3.63, 3.8) is 0 Å². The van der Waals surface area contributed by atoms with Gasteiger partial charge in [0.05, 0.1) is 17.4 Å². The van der Waals surface area contributed by atoms with Crippen molar-refractivity contribution in [1.29, 1.82) is 0 Å². The fraction of sp³-hybridized carbons (Fsp3) is 0.556. The highest BCUT2D eigenvalue weighted by Gasteiger charge is 2.33. The Bertz CT molecular complexity index is 964. The summed E-state index contributed by atoms with van der Waals surface area (Å²) in [6, 6.07) is 0.0568. The van der Waals surface area contributed by atoms with Gasteiger partial charge in [-0.05, 0) is 44.9 Å². The van der Waals surface area contributed by atoms with Gasteiger partial charge in [0.2, 0.25) is 0 Å². The van der Waals surface area contributed by atoms with E-state index in [2.05, 4.69) is 4.98 Å². The van der Waals surface area contributed by atoms with E-state index in [1.165, 1.54) is 10.6 Å². The summed E-state index contributed by atoms with van der Waals surface area (Å²) >= 11 is 0. The lowest BCUT2D eigenvalue weighted by Gasteiger charge is -2.24. The van der Waals surface area contributed by atoms with Crippen molar-refractivity contribution in [2.75, 3.05) is 18.0 Å². The zero-order chi connectivity index (χ0) is 17.9. The molecule has 1 saturated carbocycles. The maximum atomic E-state index is 14.9. The van der Waals surface area contributed by atoms with Gasteiger partial charge in [-0.1, -0.05) is 0 Å². The van der Waals surface area contributed by atoms with E-state index in [9.17, 15) is 14.0 Å². The number of hydrogen-bond donors (Lipinski definition) is 2. The van der Waals surface area contributed by atoms with Crippen LogP contribution in [0.1, 0.15) is 43.2 Å². The van der Waals surface area contributed by atoms with Gasteiger partial charge in [0.15, 0.2) is 5.82 Å². The third kappa shape index (κ3) is 2.93. The smallest absolute Gasteiger partial charge is 0.333 e. The van der Waals surface area contributed by atoms with Gasteiger partial charge in [0, 0.05) is 30.3 Å². The van der Waals surface area contributed by atoms with Crippen LogP contribution < -0.4 is 21.9 Å². The molecule has 0 spiro atoms. The Labute approximate surface area is 156 Å². The largest absolute Gasteiger partial charge is 0.368 e. The molecule has 2 aromatic rings. The molecule has 6 nitrogen and oxygen atoms in total. The van der Waals surface area contributed by atoms with Gasteiger partial charge in [-0.2, -0.15) is 0 Å². The zero-order valence-corrected chi connectivity index (χ0v) is 15.7. The summed E-state index contributed by atoms with van der Waals surface area (Å²) < 4.78 is 16.1. The Balaban J connectivity index is 0.00000196. The molecule has 1 saturated heterocycles. The molecule has 142 valence electrons. The second-order valence-electron chi connectivity index (χ2n) is 7.47. The normalized spacial score (nSPS) is 21.1. The molecule has 0 radical (unpaired) electrons. The van der Waals surface area contributed by atoms with Crippen molar-refractivity contribution in [2.45, 2.75) is 45.1 Å². The van der Waals surface area contributed by atoms with Crippen LogP contribution in [-0.4, -0.2) is 28.5 Å². The Morgan fingerprint density at radius 3 is 2.58 bits per heavy atom. The average Bonchev–Trinajstić information content (AvgIpc) is 3.25. The van der Waals surface area contributed by atoms with Crippen LogP contribution in [0.2, 0.25) is 0 Å². The minimum atomic E-state index is -0.590. The highest BCUT2D eigenvalue weighted by molar-refractivity contribution is 5.85. The van der Waals surface area contributed by atoms with E-state index in [1.54, 1.807) is 6.92 Å². The van der Waals surface area contributed by atoms with Crippen molar-refractivity contribution in [3.05, 3.63) is 44.0 Å². The summed E-state index contributed by atoms with van der Waals surface area (Å²) in [5.74, 6) is 0.0391. The molecule has 0 amide bonds. The van der Waals surface area contributed by atoms with E-state index < -0.39 is 11.5 Å². The molecule has 0 bridgehead atoms. The Kier molecular flexibility index (Phi) is 4.88. The molecule has 1 aliphatic heterocycles. The minimum absolute atomic E-state index is 0. The monoisotopic (exact) mass is 382 g/mol. The first-order chi connectivity index (χ1) is 11.9. The van der Waals surface area contributed by atoms with Crippen LogP contribution in [0.4, 0.5) is 10.1 Å². The second kappa shape index (κ2) is 6.70. The average molecular weight is 383 g/mol. The standard InChI is InChI=1S/C18H23FN4O2.ClH/c1-9-15(22-6-5-12(7-22)10(2)20)13(19)8-23-16(9)14(11-3-4-11)17(24)21-18(23)25;/h8,10-12H,3-7,20H2,1-2H3,(H,21,24,25);1H/t10-,12?;/m0./s1. The fourth-order valence-electron chi connectivity index (χ4n) is 4.09. The summed E-state index contributed by atoms with van der Waals surface area (Å²) in [4.78, 5) is 28.9. The SMILES string of the molecule is Cc1c(N2CCC([C@H](C)N)C2)c(F)cn2c(=O)[nH]c(=O)c(C3CC3)c12.Cl. The molecule has 26 heavy (non-hydrogen) atoms. The van der Waals surface area contributed by atoms with Crippen molar-refractivity contribution >= 4 is 23.6 Å². The van der Waals surface area contributed by atoms with Crippen LogP contribution in [0.25, 0.3) is 5.52 Å². The summed E-state index contributed by atoms with van der Waals surface area (Å²) in [6.07, 6.45) is 3.99. The lowest BCUT2D eigenvalue weighted by Crippen LogP contribution is -2.32. The molecule has 4 rings (SSSR count). The van der Waals surface area contributed by atoms with E-state index in [4.69, 9.17) is 5.73 Å². The molecule has 3 heterocycles. The summed E-state index contributed by atoms with van der Waals surface area (Å²) in [6.45, 7) is 5.20. The number of fused-ring (bicyclic) bond motifs is 1. The number of rotatable bonds is 3. The third-order valence-electron chi connectivity index (χ3n) is 5.63. The third-order valence-corrected chi connectivity index (χ3v) is 5.63. The Hall–Kier alpha value is -1.86. The number of nitrogens with zero attached hydrogens (tertiary/aromatic N) is 2. The summed E-state index contributed by atoms with van der Waals surface area (Å²) in [5, 5.41) is 0. The van der Waals surface area contributed by atoms with E-state index in [0.29, 0.717) is 34.8 Å². The second-order valence-corrected chi connectivity index (χ2v) is 7.47. The van der Waals surface area contributed by atoms with E-state index in [1.807, 2.05) is 11.8 Å². The minimum Gasteiger partial charge on any atom is -0.368 e. The van der Waals surface area contributed by atoms with Crippen LogP contribution in [0.3, 0.4) is 0 Å². The lowest BCUT2D eigenvalue weighted by atomic mass is 10.0. The predicted molar refractivity (Wildman–Crippen MR) is 102 cm³/mol. The number of anilines is 1. The number of hydrogen-bond acceptors (Lipinski definition) is 4. The van der Waals surface area contributed by atoms with Gasteiger partial charge in [-0.3, -0.25) is 14.2 Å². The summed E-state index contributed by atoms with van der Waals surface area (Å²) in [7, 11) is 0.